The van der Waals surface area contributed by atoms with Crippen LogP contribution in [0, 0.1) is 36.8 Å². The molecule has 13 heteroatoms. The van der Waals surface area contributed by atoms with Gasteiger partial charge in [-0.1, -0.05) is 12.0 Å². The molecule has 3 saturated heterocycles. The summed E-state index contributed by atoms with van der Waals surface area (Å²) in [7, 11) is 0. The minimum atomic E-state index is -0.956. The molecule has 3 aliphatic heterocycles. The minimum absolute atomic E-state index is 0.0755. The van der Waals surface area contributed by atoms with E-state index in [0.717, 1.165) is 25.1 Å². The van der Waals surface area contributed by atoms with E-state index in [2.05, 4.69) is 25.9 Å². The van der Waals surface area contributed by atoms with Gasteiger partial charge in [-0.15, -0.1) is 6.42 Å². The topological polar surface area (TPSA) is 110 Å². The summed E-state index contributed by atoms with van der Waals surface area (Å²) >= 11 is 0. The van der Waals surface area contributed by atoms with Crippen molar-refractivity contribution in [1.82, 2.24) is 29.6 Å². The number of rotatable bonds is 6. The molecule has 2 aromatic carbocycles. The molecule has 50 heavy (non-hydrogen) atoms. The van der Waals surface area contributed by atoms with Gasteiger partial charge in [-0.05, 0) is 68.8 Å². The Balaban J connectivity index is 1.20. The predicted octanol–water partition coefficient (Wildman–Crippen LogP) is 5.83. The molecule has 0 radical (unpaired) electrons. The number of terminal acetylenes is 1. The maximum Gasteiger partial charge on any atom is 0.319 e. The summed E-state index contributed by atoms with van der Waals surface area (Å²) in [5.74, 6) is 0.712. The first-order chi connectivity index (χ1) is 24.1. The number of pyridine rings is 1. The highest BCUT2D eigenvalue weighted by Gasteiger charge is 2.49. The van der Waals surface area contributed by atoms with Crippen LogP contribution in [0.1, 0.15) is 48.2 Å². The van der Waals surface area contributed by atoms with Gasteiger partial charge in [0.05, 0.1) is 22.2 Å². The number of benzene rings is 2. The van der Waals surface area contributed by atoms with Crippen LogP contribution in [-0.4, -0.2) is 85.1 Å². The van der Waals surface area contributed by atoms with E-state index in [0.29, 0.717) is 55.5 Å². The van der Waals surface area contributed by atoms with Crippen LogP contribution in [0.3, 0.4) is 0 Å². The van der Waals surface area contributed by atoms with Gasteiger partial charge in [0.25, 0.3) is 0 Å². The van der Waals surface area contributed by atoms with Gasteiger partial charge in [-0.3, -0.25) is 14.7 Å². The Morgan fingerprint density at radius 3 is 2.74 bits per heavy atom. The third-order valence-corrected chi connectivity index (χ3v) is 10.4. The Morgan fingerprint density at radius 1 is 1.16 bits per heavy atom. The lowest BCUT2D eigenvalue weighted by atomic mass is 9.95. The van der Waals surface area contributed by atoms with E-state index < -0.39 is 23.3 Å². The van der Waals surface area contributed by atoms with E-state index >= 15 is 4.39 Å². The fourth-order valence-electron chi connectivity index (χ4n) is 7.98. The molecule has 8 rings (SSSR count). The molecule has 3 aliphatic rings. The molecule has 0 saturated carbocycles. The van der Waals surface area contributed by atoms with Crippen LogP contribution in [0.2, 0.25) is 0 Å². The summed E-state index contributed by atoms with van der Waals surface area (Å²) in [4.78, 5) is 30.9. The van der Waals surface area contributed by atoms with Gasteiger partial charge in [0.1, 0.15) is 41.4 Å². The van der Waals surface area contributed by atoms with E-state index in [-0.39, 0.29) is 57.9 Å². The van der Waals surface area contributed by atoms with Crippen molar-refractivity contribution in [3.63, 3.8) is 0 Å². The first kappa shape index (κ1) is 32.0. The Kier molecular flexibility index (Phi) is 7.86. The zero-order valence-electron chi connectivity index (χ0n) is 27.4. The molecule has 0 spiro atoms. The van der Waals surface area contributed by atoms with Gasteiger partial charge in [-0.25, -0.2) is 17.9 Å². The quantitative estimate of drug-likeness (QED) is 0.222. The average Bonchev–Trinajstić information content (AvgIpc) is 3.80. The van der Waals surface area contributed by atoms with E-state index in [1.807, 2.05) is 11.8 Å². The Hall–Kier alpha value is -5.22. The lowest BCUT2D eigenvalue weighted by molar-refractivity contribution is 0.0795. The normalized spacial score (nSPS) is 21.2. The van der Waals surface area contributed by atoms with Crippen LogP contribution in [0.25, 0.3) is 32.9 Å². The van der Waals surface area contributed by atoms with Gasteiger partial charge in [0.2, 0.25) is 5.91 Å². The highest BCUT2D eigenvalue weighted by atomic mass is 19.1. The number of ether oxygens (including phenoxy) is 1. The Morgan fingerprint density at radius 2 is 1.98 bits per heavy atom. The molecule has 10 nitrogen and oxygen atoms in total. The standard InChI is InChI=1S/C37H34F3N7O3/c1-3-26-29(39)6-5-23-15-25(48)16-27(30(23)26)32-31(40)33-28(18-41-32)34(45-12-8-22(9-13-45)35(49)47-14-7-21(2)44-47)43-36(42-33)50-20-37-10-4-11-46(37)19-24(38)17-37/h1,5-7,14-16,18,22,24,48H,4,8-13,17,19-20H2,2H3/t24-,37+/m1/s1. The van der Waals surface area contributed by atoms with Crippen LogP contribution in [0.15, 0.2) is 42.7 Å². The molecule has 2 atom stereocenters. The number of hydrogen-bond acceptors (Lipinski definition) is 9. The van der Waals surface area contributed by atoms with Crippen molar-refractivity contribution in [2.45, 2.75) is 50.7 Å². The minimum Gasteiger partial charge on any atom is -0.508 e. The second kappa shape index (κ2) is 12.3. The van der Waals surface area contributed by atoms with Crippen molar-refractivity contribution in [2.24, 2.45) is 5.92 Å². The average molecular weight is 682 g/mol. The molecular weight excluding hydrogens is 647 g/mol. The maximum atomic E-state index is 16.9. The Labute approximate surface area is 285 Å². The molecule has 0 amide bonds. The summed E-state index contributed by atoms with van der Waals surface area (Å²) in [6.45, 7) is 3.97. The third-order valence-electron chi connectivity index (χ3n) is 10.4. The maximum absolute atomic E-state index is 16.9. The highest BCUT2D eigenvalue weighted by molar-refractivity contribution is 6.03. The number of aromatic hydroxyl groups is 1. The van der Waals surface area contributed by atoms with Gasteiger partial charge in [0, 0.05) is 55.3 Å². The zero-order valence-corrected chi connectivity index (χ0v) is 27.4. The second-order valence-corrected chi connectivity index (χ2v) is 13.5. The number of carbonyl (C=O) groups excluding carboxylic acids is 1. The SMILES string of the molecule is C#Cc1c(F)ccc2cc(O)cc(-c3ncc4c(N5CCC(C(=O)n6ccc(C)n6)CC5)nc(OC[C@@]56CCCN5C[C@H](F)C6)nc4c3F)c12. The number of aromatic nitrogens is 5. The fourth-order valence-corrected chi connectivity index (χ4v) is 7.98. The lowest BCUT2D eigenvalue weighted by Crippen LogP contribution is -2.43. The summed E-state index contributed by atoms with van der Waals surface area (Å²) in [5, 5.41) is 15.8. The first-order valence-electron chi connectivity index (χ1n) is 16.8. The van der Waals surface area contributed by atoms with Crippen LogP contribution in [0.5, 0.6) is 11.8 Å². The third kappa shape index (κ3) is 5.38. The van der Waals surface area contributed by atoms with Crippen LogP contribution >= 0.6 is 0 Å². The summed E-state index contributed by atoms with van der Waals surface area (Å²) in [5.41, 5.74) is 0.000981. The molecule has 1 N–H and O–H groups in total. The van der Waals surface area contributed by atoms with Crippen molar-refractivity contribution in [2.75, 3.05) is 37.7 Å². The predicted molar refractivity (Wildman–Crippen MR) is 181 cm³/mol. The summed E-state index contributed by atoms with van der Waals surface area (Å²) in [6.07, 6.45) is 10.9. The molecule has 3 aromatic heterocycles. The Bertz CT molecular complexity index is 2210. The molecule has 5 aromatic rings. The van der Waals surface area contributed by atoms with Gasteiger partial charge in [-0.2, -0.15) is 15.1 Å². The highest BCUT2D eigenvalue weighted by Crippen LogP contribution is 2.42. The van der Waals surface area contributed by atoms with Crippen molar-refractivity contribution in [1.29, 1.82) is 0 Å². The van der Waals surface area contributed by atoms with Crippen LogP contribution in [0.4, 0.5) is 19.0 Å². The molecule has 0 unspecified atom stereocenters. The smallest absolute Gasteiger partial charge is 0.319 e. The van der Waals surface area contributed by atoms with Crippen molar-refractivity contribution in [3.8, 4) is 35.4 Å². The number of piperidine rings is 1. The van der Waals surface area contributed by atoms with Crippen LogP contribution in [-0.2, 0) is 0 Å². The number of hydrogen-bond donors (Lipinski definition) is 1. The number of phenols is 1. The largest absolute Gasteiger partial charge is 0.508 e. The molecule has 0 aliphatic carbocycles. The molecule has 0 bridgehead atoms. The summed E-state index contributed by atoms with van der Waals surface area (Å²) in [6, 6.07) is 7.07. The monoisotopic (exact) mass is 681 g/mol. The number of phenolic OH excluding ortho intramolecular Hbond substituents is 1. The number of anilines is 1. The number of nitrogens with zero attached hydrogens (tertiary/aromatic N) is 7. The van der Waals surface area contributed by atoms with Crippen molar-refractivity contribution < 1.29 is 27.8 Å². The number of halogens is 3. The zero-order chi connectivity index (χ0) is 34.7. The lowest BCUT2D eigenvalue weighted by Gasteiger charge is -2.33. The summed E-state index contributed by atoms with van der Waals surface area (Å²) < 4.78 is 53.9. The first-order valence-corrected chi connectivity index (χ1v) is 16.8. The van der Waals surface area contributed by atoms with E-state index in [1.165, 1.54) is 35.1 Å². The van der Waals surface area contributed by atoms with Gasteiger partial charge < -0.3 is 14.7 Å². The van der Waals surface area contributed by atoms with Gasteiger partial charge >= 0.3 is 6.01 Å². The molecule has 256 valence electrons. The van der Waals surface area contributed by atoms with Crippen LogP contribution < -0.4 is 9.64 Å². The molecular formula is C37H34F3N7O3. The van der Waals surface area contributed by atoms with Crippen molar-refractivity contribution in [3.05, 3.63) is 65.6 Å². The van der Waals surface area contributed by atoms with E-state index in [1.54, 1.807) is 12.3 Å². The van der Waals surface area contributed by atoms with Gasteiger partial charge in [0.15, 0.2) is 5.82 Å². The number of aryl methyl sites for hydroxylation is 1. The fraction of sp³-hybridized carbons (Fsp3) is 0.378. The van der Waals surface area contributed by atoms with E-state index in [4.69, 9.17) is 16.1 Å². The molecule has 3 fully saturated rings. The van der Waals surface area contributed by atoms with Crippen molar-refractivity contribution >= 4 is 33.4 Å². The van der Waals surface area contributed by atoms with E-state index in [9.17, 15) is 18.7 Å². The number of alkyl halides is 1. The second-order valence-electron chi connectivity index (χ2n) is 13.5. The molecule has 6 heterocycles. The number of carbonyl (C=O) groups is 1. The number of fused-ring (bicyclic) bond motifs is 3.